The van der Waals surface area contributed by atoms with E-state index >= 15 is 0 Å². The Morgan fingerprint density at radius 1 is 1.04 bits per heavy atom. The number of anilines is 1. The van der Waals surface area contributed by atoms with Crippen LogP contribution in [0.4, 0.5) is 5.82 Å². The fraction of sp³-hybridized carbons (Fsp3) is 0.600. The Morgan fingerprint density at radius 3 is 2.64 bits per heavy atom. The minimum absolute atomic E-state index is 0.664. The van der Waals surface area contributed by atoms with E-state index in [1.165, 1.54) is 0 Å². The Morgan fingerprint density at radius 2 is 1.86 bits per heavy atom. The van der Waals surface area contributed by atoms with Gasteiger partial charge in [0, 0.05) is 70.4 Å². The first-order valence-electron chi connectivity index (χ1n) is 10.1. The van der Waals surface area contributed by atoms with E-state index in [-0.39, 0.29) is 0 Å². The number of hydrogen-bond acceptors (Lipinski definition) is 7. The molecule has 1 aromatic heterocycles. The molecule has 2 saturated heterocycles. The summed E-state index contributed by atoms with van der Waals surface area (Å²) in [5.41, 5.74) is 0.880. The first-order valence-corrected chi connectivity index (χ1v) is 10.1. The van der Waals surface area contributed by atoms with E-state index in [9.17, 15) is 0 Å². The summed E-state index contributed by atoms with van der Waals surface area (Å²) in [6, 6.07) is 3.97. The van der Waals surface area contributed by atoms with Gasteiger partial charge in [0.05, 0.1) is 19.2 Å². The van der Waals surface area contributed by atoms with Crippen molar-refractivity contribution in [2.24, 2.45) is 0 Å². The maximum Gasteiger partial charge on any atom is 0.163 e. The molecule has 8 heteroatoms. The topological polar surface area (TPSA) is 76.8 Å². The Hall–Kier alpha value is -2.16. The van der Waals surface area contributed by atoms with E-state index < -0.39 is 0 Å². The number of rotatable bonds is 7. The Bertz CT molecular complexity index is 775. The monoisotopic (exact) mass is 385 g/mol. The normalized spacial score (nSPS) is 18.4. The van der Waals surface area contributed by atoms with Crippen molar-refractivity contribution in [3.8, 4) is 11.5 Å². The van der Waals surface area contributed by atoms with Gasteiger partial charge in [-0.25, -0.2) is 15.3 Å². The molecule has 4 rings (SSSR count). The van der Waals surface area contributed by atoms with Crippen LogP contribution < -0.4 is 25.0 Å². The molecule has 0 aliphatic carbocycles. The lowest BCUT2D eigenvalue weighted by Crippen LogP contribution is -2.43. The quantitative estimate of drug-likeness (QED) is 0.705. The highest BCUT2D eigenvalue weighted by molar-refractivity contribution is 5.92. The third-order valence-corrected chi connectivity index (χ3v) is 5.34. The first kappa shape index (κ1) is 19.2. The minimum atomic E-state index is 0.664. The molecule has 1 N–H and O–H groups in total. The molecule has 0 saturated carbocycles. The van der Waals surface area contributed by atoms with E-state index in [4.69, 9.17) is 9.47 Å². The molecule has 0 unspecified atom stereocenters. The average Bonchev–Trinajstić information content (AvgIpc) is 2.77. The van der Waals surface area contributed by atoms with Crippen LogP contribution in [0, 0.1) is 0 Å². The number of nitrogens with one attached hydrogen (secondary N) is 1. The van der Waals surface area contributed by atoms with Crippen LogP contribution in [0.2, 0.25) is 0 Å². The van der Waals surface area contributed by atoms with Crippen LogP contribution in [0.3, 0.4) is 0 Å². The molecule has 28 heavy (non-hydrogen) atoms. The van der Waals surface area contributed by atoms with E-state index in [0.29, 0.717) is 6.61 Å². The van der Waals surface area contributed by atoms with E-state index in [1.54, 1.807) is 13.4 Å². The molecule has 0 amide bonds. The second-order valence-electron chi connectivity index (χ2n) is 7.17. The number of benzene rings is 1. The lowest BCUT2D eigenvalue weighted by Gasteiger charge is -2.28. The third kappa shape index (κ3) is 4.45. The van der Waals surface area contributed by atoms with Gasteiger partial charge in [-0.3, -0.25) is 0 Å². The second kappa shape index (κ2) is 9.36. The van der Waals surface area contributed by atoms with E-state index in [2.05, 4.69) is 30.4 Å². The van der Waals surface area contributed by atoms with Crippen LogP contribution in [0.15, 0.2) is 18.5 Å². The summed E-state index contributed by atoms with van der Waals surface area (Å²) in [5.74, 6) is 2.42. The molecule has 151 valence electrons. The summed E-state index contributed by atoms with van der Waals surface area (Å²) in [7, 11) is 1.68. The predicted molar refractivity (Wildman–Crippen MR) is 110 cm³/mol. The zero-order valence-corrected chi connectivity index (χ0v) is 16.6. The maximum absolute atomic E-state index is 6.06. The Kier molecular flexibility index (Phi) is 6.41. The summed E-state index contributed by atoms with van der Waals surface area (Å²) >= 11 is 0. The average molecular weight is 385 g/mol. The van der Waals surface area contributed by atoms with Gasteiger partial charge in [0.2, 0.25) is 0 Å². The van der Waals surface area contributed by atoms with Crippen molar-refractivity contribution >= 4 is 16.7 Å². The molecule has 0 atom stereocenters. The molecule has 3 heterocycles. The summed E-state index contributed by atoms with van der Waals surface area (Å²) in [6.45, 7) is 9.57. The zero-order valence-electron chi connectivity index (χ0n) is 16.6. The molecule has 2 aliphatic heterocycles. The lowest BCUT2D eigenvalue weighted by molar-refractivity contribution is 0.211. The third-order valence-electron chi connectivity index (χ3n) is 5.34. The molecule has 2 fully saturated rings. The van der Waals surface area contributed by atoms with Gasteiger partial charge in [0.25, 0.3) is 0 Å². The Balaban J connectivity index is 1.46. The number of piperazine rings is 2. The van der Waals surface area contributed by atoms with Gasteiger partial charge in [-0.2, -0.15) is 0 Å². The number of aromatic nitrogens is 2. The molecule has 0 bridgehead atoms. The molecule has 1 aromatic carbocycles. The van der Waals surface area contributed by atoms with Crippen LogP contribution >= 0.6 is 0 Å². The van der Waals surface area contributed by atoms with E-state index in [1.807, 2.05) is 12.1 Å². The highest BCUT2D eigenvalue weighted by atomic mass is 16.5. The summed E-state index contributed by atoms with van der Waals surface area (Å²) in [5, 5.41) is 8.80. The molecule has 1 radical (unpaired) electrons. The number of hydrogen-bond donors (Lipinski definition) is 1. The van der Waals surface area contributed by atoms with Crippen molar-refractivity contribution < 1.29 is 9.47 Å². The van der Waals surface area contributed by atoms with Gasteiger partial charge < -0.3 is 24.6 Å². The highest BCUT2D eigenvalue weighted by Crippen LogP contribution is 2.35. The molecule has 2 aliphatic rings. The van der Waals surface area contributed by atoms with Crippen LogP contribution in [0.5, 0.6) is 11.5 Å². The minimum Gasteiger partial charge on any atom is -0.493 e. The molecular weight excluding hydrogens is 356 g/mol. The standard InChI is InChI=1S/C20H29N6O2/c1-27-18-13-16-17(23-15-24-20(16)26-10-5-22-6-11-26)14-19(18)28-12-2-7-25-8-3-21-4-9-25/h13-15,21H,2-12H2,1H3. The van der Waals surface area contributed by atoms with Crippen molar-refractivity contribution in [3.63, 3.8) is 0 Å². The molecular formula is C20H29N6O2. The predicted octanol–water partition coefficient (Wildman–Crippen LogP) is 0.737. The van der Waals surface area contributed by atoms with E-state index in [0.717, 1.165) is 93.5 Å². The van der Waals surface area contributed by atoms with Crippen molar-refractivity contribution in [3.05, 3.63) is 18.5 Å². The van der Waals surface area contributed by atoms with Crippen molar-refractivity contribution in [2.75, 3.05) is 77.5 Å². The number of methoxy groups -OCH3 is 1. The van der Waals surface area contributed by atoms with Gasteiger partial charge in [0.15, 0.2) is 11.5 Å². The Labute approximate surface area is 166 Å². The van der Waals surface area contributed by atoms with Crippen LogP contribution in [-0.4, -0.2) is 87.5 Å². The van der Waals surface area contributed by atoms with Gasteiger partial charge in [-0.05, 0) is 12.5 Å². The number of fused-ring (bicyclic) bond motifs is 1. The first-order chi connectivity index (χ1) is 13.8. The summed E-state index contributed by atoms with van der Waals surface area (Å²) < 4.78 is 11.7. The van der Waals surface area contributed by atoms with Crippen LogP contribution in [0.1, 0.15) is 6.42 Å². The van der Waals surface area contributed by atoms with Gasteiger partial charge in [0.1, 0.15) is 12.1 Å². The largest absolute Gasteiger partial charge is 0.493 e. The maximum atomic E-state index is 6.06. The highest BCUT2D eigenvalue weighted by Gasteiger charge is 2.18. The fourth-order valence-corrected chi connectivity index (χ4v) is 3.80. The summed E-state index contributed by atoms with van der Waals surface area (Å²) in [4.78, 5) is 13.7. The second-order valence-corrected chi connectivity index (χ2v) is 7.17. The SMILES string of the molecule is COc1cc2c(N3CC[N]CC3)ncnc2cc1OCCCN1CCNCC1. The fourth-order valence-electron chi connectivity index (χ4n) is 3.80. The van der Waals surface area contributed by atoms with Crippen molar-refractivity contribution in [2.45, 2.75) is 6.42 Å². The number of ether oxygens (including phenoxy) is 2. The molecule has 2 aromatic rings. The lowest BCUT2D eigenvalue weighted by atomic mass is 10.2. The van der Waals surface area contributed by atoms with Gasteiger partial charge in [-0.15, -0.1) is 0 Å². The zero-order chi connectivity index (χ0) is 19.2. The molecule has 0 spiro atoms. The number of nitrogens with zero attached hydrogens (tertiary/aromatic N) is 5. The van der Waals surface area contributed by atoms with Crippen LogP contribution in [0.25, 0.3) is 10.9 Å². The van der Waals surface area contributed by atoms with Gasteiger partial charge >= 0.3 is 0 Å². The van der Waals surface area contributed by atoms with Crippen LogP contribution in [-0.2, 0) is 0 Å². The smallest absolute Gasteiger partial charge is 0.163 e. The van der Waals surface area contributed by atoms with Crippen molar-refractivity contribution in [1.82, 2.24) is 25.5 Å². The van der Waals surface area contributed by atoms with Crippen molar-refractivity contribution in [1.29, 1.82) is 0 Å². The molecule has 8 nitrogen and oxygen atoms in total. The van der Waals surface area contributed by atoms with Gasteiger partial charge in [-0.1, -0.05) is 0 Å². The summed E-state index contributed by atoms with van der Waals surface area (Å²) in [6.07, 6.45) is 2.62.